The molecule has 1 fully saturated rings. The lowest BCUT2D eigenvalue weighted by atomic mass is 9.89. The third-order valence-corrected chi connectivity index (χ3v) is 4.34. The lowest BCUT2D eigenvalue weighted by Gasteiger charge is -2.24. The smallest absolute Gasteiger partial charge is 0.326 e. The maximum Gasteiger partial charge on any atom is 0.326 e. The molecule has 0 spiro atoms. The normalized spacial score (nSPS) is 18.8. The van der Waals surface area contributed by atoms with E-state index in [1.54, 1.807) is 11.8 Å². The average Bonchev–Trinajstić information content (AvgIpc) is 2.79. The molecule has 1 aliphatic carbocycles. The maximum atomic E-state index is 11.7. The van der Waals surface area contributed by atoms with Crippen LogP contribution in [0.15, 0.2) is 0 Å². The van der Waals surface area contributed by atoms with Crippen molar-refractivity contribution in [2.75, 3.05) is 18.6 Å². The number of carboxylic acids is 1. The highest BCUT2D eigenvalue weighted by molar-refractivity contribution is 7.98. The second-order valence-corrected chi connectivity index (χ2v) is 6.50. The quantitative estimate of drug-likeness (QED) is 0.670. The highest BCUT2D eigenvalue weighted by Gasteiger charge is 2.29. The summed E-state index contributed by atoms with van der Waals surface area (Å²) >= 11 is 1.57. The number of urea groups is 1. The SMILES string of the molecule is CSCC[C@H](NC(=O)NCC1(C)CCCC1)C(=O)O. The predicted molar refractivity (Wildman–Crippen MR) is 77.5 cm³/mol. The van der Waals surface area contributed by atoms with Crippen LogP contribution in [0.3, 0.4) is 0 Å². The van der Waals surface area contributed by atoms with Crippen molar-refractivity contribution in [3.63, 3.8) is 0 Å². The van der Waals surface area contributed by atoms with E-state index in [0.29, 0.717) is 13.0 Å². The topological polar surface area (TPSA) is 78.4 Å². The fraction of sp³-hybridized carbons (Fsp3) is 0.846. The Morgan fingerprint density at radius 3 is 2.53 bits per heavy atom. The van der Waals surface area contributed by atoms with E-state index in [0.717, 1.165) is 18.6 Å². The summed E-state index contributed by atoms with van der Waals surface area (Å²) in [6.07, 6.45) is 7.04. The van der Waals surface area contributed by atoms with Gasteiger partial charge < -0.3 is 15.7 Å². The molecule has 0 unspecified atom stereocenters. The van der Waals surface area contributed by atoms with Gasteiger partial charge in [-0.2, -0.15) is 11.8 Å². The first kappa shape index (κ1) is 16.1. The van der Waals surface area contributed by atoms with Crippen LogP contribution < -0.4 is 10.6 Å². The van der Waals surface area contributed by atoms with Crippen LogP contribution >= 0.6 is 11.8 Å². The number of hydrogen-bond donors (Lipinski definition) is 3. The molecule has 0 aromatic carbocycles. The summed E-state index contributed by atoms with van der Waals surface area (Å²) in [7, 11) is 0. The molecule has 110 valence electrons. The molecule has 0 saturated heterocycles. The highest BCUT2D eigenvalue weighted by Crippen LogP contribution is 2.36. The second-order valence-electron chi connectivity index (χ2n) is 5.52. The molecule has 0 aromatic heterocycles. The van der Waals surface area contributed by atoms with Crippen LogP contribution in [0.4, 0.5) is 4.79 Å². The van der Waals surface area contributed by atoms with E-state index in [2.05, 4.69) is 17.6 Å². The molecule has 1 atom stereocenters. The minimum atomic E-state index is -0.976. The Hall–Kier alpha value is -0.910. The molecule has 19 heavy (non-hydrogen) atoms. The third-order valence-electron chi connectivity index (χ3n) is 3.70. The summed E-state index contributed by atoms with van der Waals surface area (Å²) in [5, 5.41) is 14.4. The average molecular weight is 288 g/mol. The van der Waals surface area contributed by atoms with Crippen LogP contribution in [0.2, 0.25) is 0 Å². The number of thioether (sulfide) groups is 1. The number of carbonyl (C=O) groups excluding carboxylic acids is 1. The van der Waals surface area contributed by atoms with Gasteiger partial charge in [-0.05, 0) is 36.7 Å². The Morgan fingerprint density at radius 1 is 1.37 bits per heavy atom. The van der Waals surface area contributed by atoms with Crippen LogP contribution in [0.25, 0.3) is 0 Å². The molecule has 0 aromatic rings. The third kappa shape index (κ3) is 5.72. The summed E-state index contributed by atoms with van der Waals surface area (Å²) in [4.78, 5) is 22.7. The van der Waals surface area contributed by atoms with Gasteiger partial charge in [0.15, 0.2) is 0 Å². The van der Waals surface area contributed by atoms with Gasteiger partial charge in [-0.25, -0.2) is 9.59 Å². The molecule has 6 heteroatoms. The predicted octanol–water partition coefficient (Wildman–Crippen LogP) is 2.07. The van der Waals surface area contributed by atoms with Crippen molar-refractivity contribution in [2.45, 2.75) is 45.1 Å². The largest absolute Gasteiger partial charge is 0.480 e. The van der Waals surface area contributed by atoms with E-state index in [4.69, 9.17) is 5.11 Å². The lowest BCUT2D eigenvalue weighted by molar-refractivity contribution is -0.139. The van der Waals surface area contributed by atoms with Gasteiger partial charge in [0.05, 0.1) is 0 Å². The van der Waals surface area contributed by atoms with Crippen molar-refractivity contribution >= 4 is 23.8 Å². The van der Waals surface area contributed by atoms with Crippen LogP contribution in [-0.2, 0) is 4.79 Å². The second kappa shape index (κ2) is 7.62. The molecule has 3 N–H and O–H groups in total. The van der Waals surface area contributed by atoms with E-state index < -0.39 is 12.0 Å². The molecule has 1 rings (SSSR count). The van der Waals surface area contributed by atoms with Crippen molar-refractivity contribution < 1.29 is 14.7 Å². The zero-order valence-electron chi connectivity index (χ0n) is 11.7. The molecule has 2 amide bonds. The Labute approximate surface area is 118 Å². The van der Waals surface area contributed by atoms with E-state index in [9.17, 15) is 9.59 Å². The standard InChI is InChI=1S/C13H24N2O3S/c1-13(6-3-4-7-13)9-14-12(18)15-10(11(16)17)5-8-19-2/h10H,3-9H2,1-2H3,(H,16,17)(H2,14,15,18)/t10-/m0/s1. The number of amides is 2. The van der Waals surface area contributed by atoms with Gasteiger partial charge in [-0.15, -0.1) is 0 Å². The Balaban J connectivity index is 2.33. The number of hydrogen-bond acceptors (Lipinski definition) is 3. The number of carboxylic acid groups (broad SMARTS) is 1. The summed E-state index contributed by atoms with van der Waals surface area (Å²) in [6.45, 7) is 2.79. The first-order valence-corrected chi connectivity index (χ1v) is 8.12. The van der Waals surface area contributed by atoms with Gasteiger partial charge in [-0.3, -0.25) is 0 Å². The zero-order valence-corrected chi connectivity index (χ0v) is 12.5. The van der Waals surface area contributed by atoms with E-state index >= 15 is 0 Å². The molecule has 0 radical (unpaired) electrons. The summed E-state index contributed by atoms with van der Waals surface area (Å²) in [6, 6.07) is -1.18. The van der Waals surface area contributed by atoms with Gasteiger partial charge in [-0.1, -0.05) is 19.8 Å². The number of aliphatic carboxylic acids is 1. The monoisotopic (exact) mass is 288 g/mol. The first-order chi connectivity index (χ1) is 8.97. The van der Waals surface area contributed by atoms with Crippen molar-refractivity contribution in [3.05, 3.63) is 0 Å². The Bertz CT molecular complexity index is 317. The number of rotatable bonds is 7. The fourth-order valence-electron chi connectivity index (χ4n) is 2.40. The zero-order chi connectivity index (χ0) is 14.3. The van der Waals surface area contributed by atoms with Crippen molar-refractivity contribution in [1.82, 2.24) is 10.6 Å². The van der Waals surface area contributed by atoms with Gasteiger partial charge >= 0.3 is 12.0 Å². The van der Waals surface area contributed by atoms with Gasteiger partial charge in [0, 0.05) is 6.54 Å². The molecule has 0 heterocycles. The first-order valence-electron chi connectivity index (χ1n) is 6.73. The molecule has 1 saturated carbocycles. The highest BCUT2D eigenvalue weighted by atomic mass is 32.2. The fourth-order valence-corrected chi connectivity index (χ4v) is 2.87. The van der Waals surface area contributed by atoms with Crippen LogP contribution in [-0.4, -0.2) is 41.7 Å². The number of carbonyl (C=O) groups is 2. The Morgan fingerprint density at radius 2 is 2.00 bits per heavy atom. The molecule has 0 bridgehead atoms. The van der Waals surface area contributed by atoms with Gasteiger partial charge in [0.25, 0.3) is 0 Å². The summed E-state index contributed by atoms with van der Waals surface area (Å²) < 4.78 is 0. The van der Waals surface area contributed by atoms with Crippen molar-refractivity contribution in [2.24, 2.45) is 5.41 Å². The minimum absolute atomic E-state index is 0.176. The molecule has 1 aliphatic rings. The molecule has 5 nitrogen and oxygen atoms in total. The van der Waals surface area contributed by atoms with Crippen molar-refractivity contribution in [1.29, 1.82) is 0 Å². The molecule has 0 aliphatic heterocycles. The van der Waals surface area contributed by atoms with E-state index in [-0.39, 0.29) is 11.4 Å². The van der Waals surface area contributed by atoms with Gasteiger partial charge in [0.1, 0.15) is 6.04 Å². The van der Waals surface area contributed by atoms with Crippen LogP contribution in [0.1, 0.15) is 39.0 Å². The van der Waals surface area contributed by atoms with Crippen LogP contribution in [0, 0.1) is 5.41 Å². The summed E-state index contributed by atoms with van der Waals surface area (Å²) in [5.74, 6) is -0.258. The maximum absolute atomic E-state index is 11.7. The van der Waals surface area contributed by atoms with Crippen molar-refractivity contribution in [3.8, 4) is 0 Å². The number of nitrogens with one attached hydrogen (secondary N) is 2. The van der Waals surface area contributed by atoms with E-state index in [1.807, 2.05) is 6.26 Å². The minimum Gasteiger partial charge on any atom is -0.480 e. The van der Waals surface area contributed by atoms with Gasteiger partial charge in [0.2, 0.25) is 0 Å². The Kier molecular flexibility index (Phi) is 6.48. The molecular weight excluding hydrogens is 264 g/mol. The summed E-state index contributed by atoms with van der Waals surface area (Å²) in [5.41, 5.74) is 0.176. The lowest BCUT2D eigenvalue weighted by Crippen LogP contribution is -2.48. The van der Waals surface area contributed by atoms with E-state index in [1.165, 1.54) is 12.8 Å². The molecular formula is C13H24N2O3S. The van der Waals surface area contributed by atoms with Crippen LogP contribution in [0.5, 0.6) is 0 Å².